The van der Waals surface area contributed by atoms with E-state index in [-0.39, 0.29) is 0 Å². The van der Waals surface area contributed by atoms with E-state index < -0.39 is 0 Å². The molecule has 0 aliphatic rings. The van der Waals surface area contributed by atoms with Gasteiger partial charge in [-0.05, 0) is 182 Å². The van der Waals surface area contributed by atoms with Gasteiger partial charge < -0.3 is 9.13 Å². The normalized spacial score (nSPS) is 11.5. The van der Waals surface area contributed by atoms with Crippen molar-refractivity contribution in [2.75, 3.05) is 0 Å². The SMILES string of the molecule is c1ccc(-c2c3ccccc3c(-c3ccc(-c4ccc5c(c4)c4ccccc4n5-c4ccccc4)cc3)c3ccccc23)cc1.c1ccc(-c2ccc(-c3c4ccccc4c(-c4ccc(-c5ccc6c(c5)c5ccccc5n6-c5ccccc5)cc4)c4ccccc34)cc2)cc1. The molecular formula is C94H62N2. The number of para-hydroxylation sites is 4. The summed E-state index contributed by atoms with van der Waals surface area (Å²) in [7, 11) is 0. The van der Waals surface area contributed by atoms with E-state index in [0.717, 1.165) is 0 Å². The Hall–Kier alpha value is -12.6. The second-order valence-corrected chi connectivity index (χ2v) is 25.0. The average Bonchev–Trinajstić information content (AvgIpc) is 1.00. The molecule has 17 aromatic carbocycles. The molecule has 0 aliphatic carbocycles. The smallest absolute Gasteiger partial charge is 0.0541 e. The minimum atomic E-state index is 1.18. The first-order valence-corrected chi connectivity index (χ1v) is 33.1. The van der Waals surface area contributed by atoms with E-state index in [9.17, 15) is 0 Å². The van der Waals surface area contributed by atoms with Crippen molar-refractivity contribution in [3.63, 3.8) is 0 Å². The Morgan fingerprint density at radius 1 is 0.125 bits per heavy atom. The molecule has 2 nitrogen and oxygen atoms in total. The molecule has 0 aliphatic heterocycles. The fourth-order valence-electron chi connectivity index (χ4n) is 15.2. The van der Waals surface area contributed by atoms with Crippen LogP contribution >= 0.6 is 0 Å². The first-order chi connectivity index (χ1) is 47.7. The van der Waals surface area contributed by atoms with Gasteiger partial charge in [0, 0.05) is 32.9 Å². The van der Waals surface area contributed by atoms with Crippen molar-refractivity contribution >= 4 is 86.7 Å². The molecule has 2 aromatic heterocycles. The van der Waals surface area contributed by atoms with Crippen LogP contribution in [0.5, 0.6) is 0 Å². The van der Waals surface area contributed by atoms with Crippen LogP contribution in [-0.2, 0) is 0 Å². The first kappa shape index (κ1) is 56.2. The van der Waals surface area contributed by atoms with Gasteiger partial charge in [0.1, 0.15) is 0 Å². The molecule has 0 saturated heterocycles. The van der Waals surface area contributed by atoms with Crippen LogP contribution in [0.15, 0.2) is 376 Å². The molecule has 96 heavy (non-hydrogen) atoms. The zero-order valence-electron chi connectivity index (χ0n) is 52.7. The summed E-state index contributed by atoms with van der Waals surface area (Å²) in [5.74, 6) is 0. The molecule has 2 heterocycles. The Bertz CT molecular complexity index is 6010. The monoisotopic (exact) mass is 1220 g/mol. The molecule has 0 amide bonds. The second-order valence-electron chi connectivity index (χ2n) is 25.0. The third-order valence-corrected chi connectivity index (χ3v) is 19.6. The molecule has 0 unspecified atom stereocenters. The quantitative estimate of drug-likeness (QED) is 0.128. The van der Waals surface area contributed by atoms with Crippen molar-refractivity contribution in [3.8, 4) is 89.3 Å². The predicted octanol–water partition coefficient (Wildman–Crippen LogP) is 25.8. The lowest BCUT2D eigenvalue weighted by Crippen LogP contribution is -1.92. The number of rotatable bonds is 9. The van der Waals surface area contributed by atoms with E-state index in [1.807, 2.05) is 0 Å². The van der Waals surface area contributed by atoms with E-state index in [4.69, 9.17) is 0 Å². The van der Waals surface area contributed by atoms with Gasteiger partial charge in [-0.25, -0.2) is 0 Å². The summed E-state index contributed by atoms with van der Waals surface area (Å²) in [6, 6.07) is 137. The van der Waals surface area contributed by atoms with Gasteiger partial charge in [0.25, 0.3) is 0 Å². The number of hydrogen-bond donors (Lipinski definition) is 0. The van der Waals surface area contributed by atoms with Gasteiger partial charge in [-0.15, -0.1) is 0 Å². The molecule has 0 saturated carbocycles. The molecule has 2 heteroatoms. The van der Waals surface area contributed by atoms with E-state index in [2.05, 4.69) is 385 Å². The zero-order valence-corrected chi connectivity index (χ0v) is 52.7. The standard InChI is InChI=1S/C50H33N.C44H29N/c1-3-13-34(14-4-1)35-23-27-37(28-24-35)49-42-18-7-9-20-44(42)50(45-21-10-8-19-43(45)49)38-29-25-36(26-30-38)39-31-32-48-46(33-39)41-17-11-12-22-47(41)51(48)40-15-5-2-6-16-40;1-3-13-31(14-4-1)43-36-18-7-9-20-38(36)44(39-21-10-8-19-37(39)43)32-25-23-30(24-26-32)33-27-28-42-40(29-33)35-17-11-12-22-41(35)45(42)34-15-5-2-6-16-34/h1-33H;1-29H. The van der Waals surface area contributed by atoms with Crippen LogP contribution in [0, 0.1) is 0 Å². The summed E-state index contributed by atoms with van der Waals surface area (Å²) in [6.07, 6.45) is 0. The maximum absolute atomic E-state index is 2.37. The summed E-state index contributed by atoms with van der Waals surface area (Å²) >= 11 is 0. The largest absolute Gasteiger partial charge is 0.309 e. The zero-order chi connectivity index (χ0) is 63.5. The highest BCUT2D eigenvalue weighted by atomic mass is 15.0. The fourth-order valence-corrected chi connectivity index (χ4v) is 15.2. The Balaban J connectivity index is 0.000000141. The highest BCUT2D eigenvalue weighted by Crippen LogP contribution is 2.47. The second kappa shape index (κ2) is 23.8. The van der Waals surface area contributed by atoms with Gasteiger partial charge in [-0.1, -0.05) is 315 Å². The van der Waals surface area contributed by atoms with Gasteiger partial charge in [-0.2, -0.15) is 0 Å². The lowest BCUT2D eigenvalue weighted by Gasteiger charge is -2.18. The number of nitrogens with zero attached hydrogens (tertiary/aromatic N) is 2. The van der Waals surface area contributed by atoms with E-state index >= 15 is 0 Å². The summed E-state index contributed by atoms with van der Waals surface area (Å²) in [6.45, 7) is 0. The van der Waals surface area contributed by atoms with Crippen LogP contribution in [0.1, 0.15) is 0 Å². The van der Waals surface area contributed by atoms with Gasteiger partial charge in [0.2, 0.25) is 0 Å². The van der Waals surface area contributed by atoms with Crippen LogP contribution in [-0.4, -0.2) is 9.13 Å². The van der Waals surface area contributed by atoms with E-state index in [1.54, 1.807) is 0 Å². The van der Waals surface area contributed by atoms with Crippen LogP contribution < -0.4 is 0 Å². The Labute approximate surface area is 557 Å². The Morgan fingerprint density at radius 3 is 0.635 bits per heavy atom. The highest BCUT2D eigenvalue weighted by molar-refractivity contribution is 6.23. The molecule has 0 atom stereocenters. The minimum Gasteiger partial charge on any atom is -0.309 e. The molecule has 19 rings (SSSR count). The maximum atomic E-state index is 2.37. The van der Waals surface area contributed by atoms with Crippen LogP contribution in [0.4, 0.5) is 0 Å². The van der Waals surface area contributed by atoms with Gasteiger partial charge in [0.15, 0.2) is 0 Å². The highest BCUT2D eigenvalue weighted by Gasteiger charge is 2.21. The average molecular weight is 1220 g/mol. The molecule has 0 spiro atoms. The van der Waals surface area contributed by atoms with Gasteiger partial charge >= 0.3 is 0 Å². The number of fused-ring (bicyclic) bond motifs is 10. The lowest BCUT2D eigenvalue weighted by molar-refractivity contribution is 1.18. The van der Waals surface area contributed by atoms with Crippen molar-refractivity contribution in [2.24, 2.45) is 0 Å². The third kappa shape index (κ3) is 9.65. The summed E-state index contributed by atoms with van der Waals surface area (Å²) in [4.78, 5) is 0. The number of aromatic nitrogens is 2. The lowest BCUT2D eigenvalue weighted by atomic mass is 9.85. The molecule has 19 aromatic rings. The van der Waals surface area contributed by atoms with Gasteiger partial charge in [0.05, 0.1) is 22.1 Å². The fraction of sp³-hybridized carbons (Fsp3) is 0. The predicted molar refractivity (Wildman–Crippen MR) is 410 cm³/mol. The molecule has 0 radical (unpaired) electrons. The topological polar surface area (TPSA) is 9.86 Å². The first-order valence-electron chi connectivity index (χ1n) is 33.1. The third-order valence-electron chi connectivity index (χ3n) is 19.6. The van der Waals surface area contributed by atoms with Crippen LogP contribution in [0.2, 0.25) is 0 Å². The Morgan fingerprint density at radius 2 is 0.323 bits per heavy atom. The summed E-state index contributed by atoms with van der Waals surface area (Å²) in [5.41, 5.74) is 24.6. The van der Waals surface area contributed by atoms with Crippen molar-refractivity contribution in [1.29, 1.82) is 0 Å². The molecule has 448 valence electrons. The minimum absolute atomic E-state index is 1.18. The van der Waals surface area contributed by atoms with E-state index in [1.165, 1.54) is 176 Å². The van der Waals surface area contributed by atoms with Crippen LogP contribution in [0.3, 0.4) is 0 Å². The van der Waals surface area contributed by atoms with Crippen LogP contribution in [0.25, 0.3) is 176 Å². The molecule has 0 N–H and O–H groups in total. The molecule has 0 bridgehead atoms. The van der Waals surface area contributed by atoms with Crippen molar-refractivity contribution in [1.82, 2.24) is 9.13 Å². The summed E-state index contributed by atoms with van der Waals surface area (Å²) < 4.78 is 4.74. The Kier molecular flexibility index (Phi) is 13.9. The number of hydrogen-bond acceptors (Lipinski definition) is 0. The van der Waals surface area contributed by atoms with Crippen molar-refractivity contribution < 1.29 is 0 Å². The maximum Gasteiger partial charge on any atom is 0.0541 e. The van der Waals surface area contributed by atoms with E-state index in [0.29, 0.717) is 0 Å². The molecule has 0 fully saturated rings. The number of benzene rings is 17. The van der Waals surface area contributed by atoms with Gasteiger partial charge in [-0.3, -0.25) is 0 Å². The van der Waals surface area contributed by atoms with Crippen molar-refractivity contribution in [2.45, 2.75) is 0 Å². The summed E-state index contributed by atoms with van der Waals surface area (Å²) in [5, 5.41) is 15.2. The van der Waals surface area contributed by atoms with Crippen molar-refractivity contribution in [3.05, 3.63) is 376 Å². The molecular weight excluding hydrogens is 1160 g/mol.